The summed E-state index contributed by atoms with van der Waals surface area (Å²) in [5, 5.41) is 20.3. The molecule has 2 rings (SSSR count). The Morgan fingerprint density at radius 2 is 1.83 bits per heavy atom. The van der Waals surface area contributed by atoms with Gasteiger partial charge in [0, 0.05) is 0 Å². The predicted molar refractivity (Wildman–Crippen MR) is 102 cm³/mol. The van der Waals surface area contributed by atoms with Gasteiger partial charge < -0.3 is 10.2 Å². The maximum atomic E-state index is 10.3. The van der Waals surface area contributed by atoms with Crippen molar-refractivity contribution in [3.63, 3.8) is 0 Å². The van der Waals surface area contributed by atoms with Crippen LogP contribution in [-0.4, -0.2) is 16.3 Å². The molecule has 0 amide bonds. The SMILES string of the molecule is CCCCCCCC(C)(C)c1ccc(O)c(C2CCCC(O)C2)c1. The van der Waals surface area contributed by atoms with E-state index in [9.17, 15) is 10.2 Å². The molecule has 2 N–H and O–H groups in total. The minimum absolute atomic E-state index is 0.141. The molecule has 1 aromatic rings. The molecule has 1 aliphatic carbocycles. The zero-order valence-electron chi connectivity index (χ0n) is 15.9. The number of aromatic hydroxyl groups is 1. The molecule has 0 heterocycles. The molecule has 1 aromatic carbocycles. The van der Waals surface area contributed by atoms with Gasteiger partial charge in [-0.3, -0.25) is 0 Å². The Bertz CT molecular complexity index is 507. The average Bonchev–Trinajstić information content (AvgIpc) is 2.55. The lowest BCUT2D eigenvalue weighted by molar-refractivity contribution is 0.119. The third kappa shape index (κ3) is 5.24. The normalized spacial score (nSPS) is 21.8. The van der Waals surface area contributed by atoms with Crippen molar-refractivity contribution in [2.75, 3.05) is 0 Å². The number of aliphatic hydroxyl groups is 1. The van der Waals surface area contributed by atoms with Crippen LogP contribution in [0.1, 0.15) is 102 Å². The molecule has 1 fully saturated rings. The minimum Gasteiger partial charge on any atom is -0.508 e. The number of unbranched alkanes of at least 4 members (excludes halogenated alkanes) is 4. The van der Waals surface area contributed by atoms with Crippen molar-refractivity contribution in [2.24, 2.45) is 0 Å². The van der Waals surface area contributed by atoms with Crippen molar-refractivity contribution in [1.82, 2.24) is 0 Å². The van der Waals surface area contributed by atoms with E-state index in [-0.39, 0.29) is 11.5 Å². The molecule has 24 heavy (non-hydrogen) atoms. The summed E-state index contributed by atoms with van der Waals surface area (Å²) in [5.41, 5.74) is 2.51. The van der Waals surface area contributed by atoms with Crippen LogP contribution >= 0.6 is 0 Å². The maximum Gasteiger partial charge on any atom is 0.119 e. The summed E-state index contributed by atoms with van der Waals surface area (Å²) in [4.78, 5) is 0. The molecular weight excluding hydrogens is 296 g/mol. The molecule has 0 aliphatic heterocycles. The van der Waals surface area contributed by atoms with Gasteiger partial charge in [0.25, 0.3) is 0 Å². The number of phenolic OH excluding ortho intramolecular Hbond substituents is 1. The van der Waals surface area contributed by atoms with Crippen molar-refractivity contribution in [3.8, 4) is 5.75 Å². The Morgan fingerprint density at radius 1 is 1.08 bits per heavy atom. The smallest absolute Gasteiger partial charge is 0.119 e. The molecule has 0 saturated heterocycles. The molecule has 0 bridgehead atoms. The van der Waals surface area contributed by atoms with Crippen LogP contribution in [0, 0.1) is 0 Å². The highest BCUT2D eigenvalue weighted by Gasteiger charge is 2.26. The summed E-state index contributed by atoms with van der Waals surface area (Å²) in [6, 6.07) is 6.17. The summed E-state index contributed by atoms with van der Waals surface area (Å²) in [5.74, 6) is 0.700. The first kappa shape index (κ1) is 19.3. The first-order valence-corrected chi connectivity index (χ1v) is 9.95. The minimum atomic E-state index is -0.210. The molecule has 2 atom stereocenters. The Labute approximate surface area is 148 Å². The van der Waals surface area contributed by atoms with Gasteiger partial charge in [0.2, 0.25) is 0 Å². The molecule has 1 saturated carbocycles. The van der Waals surface area contributed by atoms with Crippen molar-refractivity contribution in [1.29, 1.82) is 0 Å². The average molecular weight is 333 g/mol. The summed E-state index contributed by atoms with van der Waals surface area (Å²) in [6.45, 7) is 6.89. The summed E-state index contributed by atoms with van der Waals surface area (Å²) in [7, 11) is 0. The van der Waals surface area contributed by atoms with Crippen LogP contribution in [0.2, 0.25) is 0 Å². The van der Waals surface area contributed by atoms with Gasteiger partial charge in [-0.25, -0.2) is 0 Å². The molecule has 0 radical (unpaired) electrons. The van der Waals surface area contributed by atoms with E-state index in [0.29, 0.717) is 11.7 Å². The number of phenols is 1. The highest BCUT2D eigenvalue weighted by atomic mass is 16.3. The fourth-order valence-electron chi connectivity index (χ4n) is 4.06. The van der Waals surface area contributed by atoms with Gasteiger partial charge in [-0.05, 0) is 54.2 Å². The standard InChI is InChI=1S/C22H36O2/c1-4-5-6-7-8-14-22(2,3)18-12-13-21(24)20(16-18)17-10-9-11-19(23)15-17/h12-13,16-17,19,23-24H,4-11,14-15H2,1-3H3. The molecular formula is C22H36O2. The molecule has 0 aromatic heterocycles. The number of benzene rings is 1. The fourth-order valence-corrected chi connectivity index (χ4v) is 4.06. The van der Waals surface area contributed by atoms with Gasteiger partial charge in [0.05, 0.1) is 6.10 Å². The third-order valence-corrected chi connectivity index (χ3v) is 5.80. The molecule has 2 unspecified atom stereocenters. The number of hydrogen-bond donors (Lipinski definition) is 2. The first-order chi connectivity index (χ1) is 11.4. The van der Waals surface area contributed by atoms with Gasteiger partial charge in [-0.2, -0.15) is 0 Å². The van der Waals surface area contributed by atoms with Gasteiger partial charge in [0.1, 0.15) is 5.75 Å². The van der Waals surface area contributed by atoms with E-state index >= 15 is 0 Å². The number of aliphatic hydroxyl groups excluding tert-OH is 1. The van der Waals surface area contributed by atoms with E-state index in [1.807, 2.05) is 6.07 Å². The van der Waals surface area contributed by atoms with Gasteiger partial charge in [-0.15, -0.1) is 0 Å². The Morgan fingerprint density at radius 3 is 2.54 bits per heavy atom. The Balaban J connectivity index is 2.05. The lowest BCUT2D eigenvalue weighted by Crippen LogP contribution is -2.20. The van der Waals surface area contributed by atoms with E-state index in [1.54, 1.807) is 0 Å². The maximum absolute atomic E-state index is 10.3. The lowest BCUT2D eigenvalue weighted by atomic mass is 9.76. The Kier molecular flexibility index (Phi) is 7.16. The van der Waals surface area contributed by atoms with Gasteiger partial charge >= 0.3 is 0 Å². The summed E-state index contributed by atoms with van der Waals surface area (Å²) < 4.78 is 0. The topological polar surface area (TPSA) is 40.5 Å². The summed E-state index contributed by atoms with van der Waals surface area (Å²) >= 11 is 0. The van der Waals surface area contributed by atoms with Crippen LogP contribution < -0.4 is 0 Å². The van der Waals surface area contributed by atoms with Crippen molar-refractivity contribution in [3.05, 3.63) is 29.3 Å². The number of hydrogen-bond acceptors (Lipinski definition) is 2. The zero-order valence-corrected chi connectivity index (χ0v) is 15.9. The van der Waals surface area contributed by atoms with Gasteiger partial charge in [0.15, 0.2) is 0 Å². The second kappa shape index (κ2) is 8.89. The first-order valence-electron chi connectivity index (χ1n) is 9.95. The monoisotopic (exact) mass is 332 g/mol. The Hall–Kier alpha value is -1.02. The van der Waals surface area contributed by atoms with Crippen molar-refractivity contribution in [2.45, 2.75) is 102 Å². The quantitative estimate of drug-likeness (QED) is 0.569. The van der Waals surface area contributed by atoms with Crippen LogP contribution in [0.15, 0.2) is 18.2 Å². The van der Waals surface area contributed by atoms with E-state index < -0.39 is 0 Å². The predicted octanol–water partition coefficient (Wildman–Crippen LogP) is 6.05. The van der Waals surface area contributed by atoms with Crippen LogP contribution in [0.3, 0.4) is 0 Å². The van der Waals surface area contributed by atoms with E-state index in [2.05, 4.69) is 32.9 Å². The van der Waals surface area contributed by atoms with Gasteiger partial charge in [-0.1, -0.05) is 71.4 Å². The van der Waals surface area contributed by atoms with Crippen molar-refractivity contribution >= 4 is 0 Å². The summed E-state index contributed by atoms with van der Waals surface area (Å²) in [6.07, 6.45) is 11.4. The molecule has 2 heteroatoms. The lowest BCUT2D eigenvalue weighted by Gasteiger charge is -2.30. The largest absolute Gasteiger partial charge is 0.508 e. The van der Waals surface area contributed by atoms with E-state index in [4.69, 9.17) is 0 Å². The van der Waals surface area contributed by atoms with Crippen LogP contribution in [0.4, 0.5) is 0 Å². The third-order valence-electron chi connectivity index (χ3n) is 5.80. The molecule has 1 aliphatic rings. The van der Waals surface area contributed by atoms with E-state index in [0.717, 1.165) is 31.2 Å². The second-order valence-corrected chi connectivity index (χ2v) is 8.34. The molecule has 2 nitrogen and oxygen atoms in total. The number of rotatable bonds is 8. The highest BCUT2D eigenvalue weighted by molar-refractivity contribution is 5.41. The van der Waals surface area contributed by atoms with Crippen molar-refractivity contribution < 1.29 is 10.2 Å². The van der Waals surface area contributed by atoms with E-state index in [1.165, 1.54) is 44.1 Å². The van der Waals surface area contributed by atoms with Crippen LogP contribution in [0.5, 0.6) is 5.75 Å². The zero-order chi connectivity index (χ0) is 17.6. The highest BCUT2D eigenvalue weighted by Crippen LogP contribution is 2.40. The van der Waals surface area contributed by atoms with Crippen LogP contribution in [-0.2, 0) is 5.41 Å². The fraction of sp³-hybridized carbons (Fsp3) is 0.727. The van der Waals surface area contributed by atoms with Crippen LogP contribution in [0.25, 0.3) is 0 Å². The molecule has 0 spiro atoms. The molecule has 136 valence electrons. The second-order valence-electron chi connectivity index (χ2n) is 8.34.